The Kier molecular flexibility index (Phi) is 5.14. The Balaban J connectivity index is 2.59. The maximum Gasteiger partial charge on any atom is 0.251 e. The number of halogens is 2. The second kappa shape index (κ2) is 6.40. The normalized spacial score (nSPS) is 10.7. The average Bonchev–Trinajstić information content (AvgIpc) is 2.28. The van der Waals surface area contributed by atoms with Crippen molar-refractivity contribution in [1.82, 2.24) is 5.32 Å². The number of hydrogen-bond acceptors (Lipinski definition) is 2. The number of hydrogen-bond donors (Lipinski definition) is 2. The van der Waals surface area contributed by atoms with Gasteiger partial charge in [-0.15, -0.1) is 0 Å². The van der Waals surface area contributed by atoms with Gasteiger partial charge in [0, 0.05) is 18.7 Å². The zero-order chi connectivity index (χ0) is 12.0. The summed E-state index contributed by atoms with van der Waals surface area (Å²) in [7, 11) is 0. The molecule has 0 aliphatic carbocycles. The van der Waals surface area contributed by atoms with Gasteiger partial charge >= 0.3 is 0 Å². The smallest absolute Gasteiger partial charge is 0.251 e. The van der Waals surface area contributed by atoms with Crippen LogP contribution in [-0.4, -0.2) is 19.0 Å². The van der Waals surface area contributed by atoms with Gasteiger partial charge in [-0.25, -0.2) is 4.39 Å². The highest BCUT2D eigenvalue weighted by molar-refractivity contribution is 9.10. The van der Waals surface area contributed by atoms with E-state index in [-0.39, 0.29) is 5.91 Å². The highest BCUT2D eigenvalue weighted by Crippen LogP contribution is 2.16. The van der Waals surface area contributed by atoms with Crippen molar-refractivity contribution in [2.24, 2.45) is 5.73 Å². The number of benzene rings is 1. The minimum absolute atomic E-state index is 0.293. The van der Waals surface area contributed by atoms with Crippen molar-refractivity contribution in [3.63, 3.8) is 0 Å². The van der Waals surface area contributed by atoms with E-state index in [1.807, 2.05) is 0 Å². The molecule has 0 atom stereocenters. The molecule has 0 aromatic heterocycles. The molecule has 5 heteroatoms. The van der Waals surface area contributed by atoms with E-state index in [2.05, 4.69) is 21.2 Å². The Bertz CT molecular complexity index is 407. The first-order valence-corrected chi connectivity index (χ1v) is 5.52. The van der Waals surface area contributed by atoms with Crippen LogP contribution < -0.4 is 11.1 Å². The monoisotopic (exact) mass is 286 g/mol. The van der Waals surface area contributed by atoms with Gasteiger partial charge in [0.25, 0.3) is 5.91 Å². The van der Waals surface area contributed by atoms with Crippen LogP contribution in [0.3, 0.4) is 0 Å². The molecule has 0 saturated heterocycles. The number of carbonyl (C=O) groups excluding carboxylic acids is 1. The summed E-state index contributed by atoms with van der Waals surface area (Å²) in [5, 5.41) is 2.62. The minimum Gasteiger partial charge on any atom is -0.349 e. The van der Waals surface area contributed by atoms with Gasteiger partial charge < -0.3 is 11.1 Å². The van der Waals surface area contributed by atoms with Crippen LogP contribution in [0.2, 0.25) is 0 Å². The van der Waals surface area contributed by atoms with Crippen molar-refractivity contribution in [3.8, 4) is 0 Å². The molecule has 1 amide bonds. The Hall–Kier alpha value is -1.20. The maximum atomic E-state index is 13.1. The summed E-state index contributed by atoms with van der Waals surface area (Å²) in [6.45, 7) is 0.816. The van der Waals surface area contributed by atoms with Crippen molar-refractivity contribution in [1.29, 1.82) is 0 Å². The average molecular weight is 287 g/mol. The number of carbonyl (C=O) groups is 1. The van der Waals surface area contributed by atoms with Gasteiger partial charge in [0.15, 0.2) is 0 Å². The molecule has 16 heavy (non-hydrogen) atoms. The second-order valence-electron chi connectivity index (χ2n) is 3.05. The lowest BCUT2D eigenvalue weighted by molar-refractivity contribution is 0.0957. The molecular formula is C11H12BrFN2O. The third-order valence-electron chi connectivity index (χ3n) is 1.87. The molecule has 0 aliphatic rings. The summed E-state index contributed by atoms with van der Waals surface area (Å²) < 4.78 is 13.5. The number of rotatable bonds is 4. The fraction of sp³-hybridized carbons (Fsp3) is 0.182. The molecule has 0 saturated carbocycles. The maximum absolute atomic E-state index is 13.1. The fourth-order valence-corrected chi connectivity index (χ4v) is 1.32. The summed E-state index contributed by atoms with van der Waals surface area (Å²) in [5.41, 5.74) is 5.53. The van der Waals surface area contributed by atoms with Gasteiger partial charge in [0.05, 0.1) is 4.47 Å². The van der Waals surface area contributed by atoms with E-state index in [1.54, 1.807) is 18.2 Å². The van der Waals surface area contributed by atoms with Crippen LogP contribution in [0.25, 0.3) is 0 Å². The first-order chi connectivity index (χ1) is 7.65. The highest BCUT2D eigenvalue weighted by atomic mass is 79.9. The van der Waals surface area contributed by atoms with Crippen LogP contribution in [0.1, 0.15) is 10.4 Å². The zero-order valence-electron chi connectivity index (χ0n) is 8.54. The fourth-order valence-electron chi connectivity index (χ4n) is 1.07. The van der Waals surface area contributed by atoms with E-state index >= 15 is 0 Å². The Labute approximate surface area is 102 Å². The molecule has 0 spiro atoms. The largest absolute Gasteiger partial charge is 0.349 e. The van der Waals surface area contributed by atoms with Crippen molar-refractivity contribution in [2.45, 2.75) is 0 Å². The van der Waals surface area contributed by atoms with Crippen LogP contribution in [0.15, 0.2) is 34.8 Å². The predicted molar refractivity (Wildman–Crippen MR) is 64.6 cm³/mol. The summed E-state index contributed by atoms with van der Waals surface area (Å²) in [5.74, 6) is -0.766. The van der Waals surface area contributed by atoms with Gasteiger partial charge in [-0.05, 0) is 34.1 Å². The van der Waals surface area contributed by atoms with Crippen LogP contribution in [0.5, 0.6) is 0 Å². The molecule has 0 radical (unpaired) electrons. The zero-order valence-corrected chi connectivity index (χ0v) is 10.1. The number of amides is 1. The third kappa shape index (κ3) is 3.75. The summed E-state index contributed by atoms with van der Waals surface area (Å²) >= 11 is 3.02. The van der Waals surface area contributed by atoms with Crippen LogP contribution >= 0.6 is 15.9 Å². The van der Waals surface area contributed by atoms with E-state index in [0.29, 0.717) is 23.1 Å². The second-order valence-corrected chi connectivity index (χ2v) is 3.90. The first kappa shape index (κ1) is 12.9. The quantitative estimate of drug-likeness (QED) is 0.830. The first-order valence-electron chi connectivity index (χ1n) is 4.73. The molecule has 0 aliphatic heterocycles. The molecule has 1 rings (SSSR count). The Morgan fingerprint density at radius 2 is 2.25 bits per heavy atom. The summed E-state index contributed by atoms with van der Waals surface area (Å²) in [6.07, 6.45) is 3.48. The van der Waals surface area contributed by atoms with Crippen molar-refractivity contribution in [2.75, 3.05) is 13.1 Å². The molecule has 3 nitrogen and oxygen atoms in total. The van der Waals surface area contributed by atoms with Gasteiger partial charge in [0.2, 0.25) is 0 Å². The topological polar surface area (TPSA) is 55.1 Å². The van der Waals surface area contributed by atoms with E-state index in [4.69, 9.17) is 5.73 Å². The van der Waals surface area contributed by atoms with Crippen molar-refractivity contribution in [3.05, 3.63) is 46.2 Å². The van der Waals surface area contributed by atoms with Gasteiger partial charge in [-0.3, -0.25) is 4.79 Å². The Morgan fingerprint density at radius 1 is 1.50 bits per heavy atom. The lowest BCUT2D eigenvalue weighted by atomic mass is 10.2. The molecule has 0 bridgehead atoms. The lowest BCUT2D eigenvalue weighted by Gasteiger charge is -2.03. The van der Waals surface area contributed by atoms with Crippen LogP contribution in [-0.2, 0) is 0 Å². The molecule has 3 N–H and O–H groups in total. The third-order valence-corrected chi connectivity index (χ3v) is 2.51. The SMILES string of the molecule is NC/C=C/CNC(=O)c1ccc(Br)c(F)c1. The molecular weight excluding hydrogens is 275 g/mol. The summed E-state index contributed by atoms with van der Waals surface area (Å²) in [4.78, 5) is 11.5. The number of nitrogens with one attached hydrogen (secondary N) is 1. The Morgan fingerprint density at radius 3 is 2.88 bits per heavy atom. The van der Waals surface area contributed by atoms with Crippen molar-refractivity contribution >= 4 is 21.8 Å². The van der Waals surface area contributed by atoms with Crippen molar-refractivity contribution < 1.29 is 9.18 Å². The standard InChI is InChI=1S/C11H12BrFN2O/c12-9-4-3-8(7-10(9)13)11(16)15-6-2-1-5-14/h1-4,7H,5-6,14H2,(H,15,16)/b2-1+. The van der Waals surface area contributed by atoms with Gasteiger partial charge in [-0.2, -0.15) is 0 Å². The molecule has 0 unspecified atom stereocenters. The van der Waals surface area contributed by atoms with Gasteiger partial charge in [-0.1, -0.05) is 12.2 Å². The molecule has 1 aromatic carbocycles. The van der Waals surface area contributed by atoms with E-state index in [1.165, 1.54) is 12.1 Å². The number of nitrogens with two attached hydrogens (primary N) is 1. The highest BCUT2D eigenvalue weighted by Gasteiger charge is 2.07. The van der Waals surface area contributed by atoms with E-state index in [0.717, 1.165) is 0 Å². The molecule has 0 heterocycles. The molecule has 1 aromatic rings. The lowest BCUT2D eigenvalue weighted by Crippen LogP contribution is -2.23. The molecule has 86 valence electrons. The predicted octanol–water partition coefficient (Wildman–Crippen LogP) is 1.83. The van der Waals surface area contributed by atoms with Gasteiger partial charge in [0.1, 0.15) is 5.82 Å². The summed E-state index contributed by atoms with van der Waals surface area (Å²) in [6, 6.07) is 4.24. The minimum atomic E-state index is -0.454. The van der Waals surface area contributed by atoms with E-state index in [9.17, 15) is 9.18 Å². The molecule has 0 fully saturated rings. The van der Waals surface area contributed by atoms with Crippen LogP contribution in [0, 0.1) is 5.82 Å². The van der Waals surface area contributed by atoms with Crippen LogP contribution in [0.4, 0.5) is 4.39 Å². The van der Waals surface area contributed by atoms with E-state index < -0.39 is 5.82 Å².